The molecule has 25 heavy (non-hydrogen) atoms. The summed E-state index contributed by atoms with van der Waals surface area (Å²) in [5.41, 5.74) is 2.22. The summed E-state index contributed by atoms with van der Waals surface area (Å²) >= 11 is 6.03. The van der Waals surface area contributed by atoms with Gasteiger partial charge in [-0.15, -0.1) is 0 Å². The maximum Gasteiger partial charge on any atom is 0.244 e. The molecule has 0 heterocycles. The highest BCUT2D eigenvalue weighted by Gasteiger charge is 2.10. The fourth-order valence-electron chi connectivity index (χ4n) is 2.09. The summed E-state index contributed by atoms with van der Waals surface area (Å²) in [6.45, 7) is 1.68. The van der Waals surface area contributed by atoms with Crippen molar-refractivity contribution < 1.29 is 14.3 Å². The van der Waals surface area contributed by atoms with Crippen LogP contribution in [0.5, 0.6) is 5.75 Å². The van der Waals surface area contributed by atoms with Crippen molar-refractivity contribution in [1.29, 1.82) is 0 Å². The molecule has 2 amide bonds. The number of hydrogen-bond donors (Lipinski definition) is 2. The molecule has 0 fully saturated rings. The molecule has 2 aromatic rings. The van der Waals surface area contributed by atoms with Crippen LogP contribution < -0.4 is 15.4 Å². The number of amides is 2. The number of rotatable bonds is 6. The Morgan fingerprint density at radius 2 is 1.92 bits per heavy atom. The van der Waals surface area contributed by atoms with Crippen molar-refractivity contribution in [3.8, 4) is 5.75 Å². The van der Waals surface area contributed by atoms with Gasteiger partial charge in [0, 0.05) is 17.2 Å². The Bertz CT molecular complexity index is 789. The minimum Gasteiger partial charge on any atom is -0.495 e. The average molecular weight is 359 g/mol. The lowest BCUT2D eigenvalue weighted by molar-refractivity contribution is -0.121. The molecule has 0 spiro atoms. The maximum absolute atomic E-state index is 12.0. The van der Waals surface area contributed by atoms with E-state index < -0.39 is 0 Å². The van der Waals surface area contributed by atoms with E-state index in [1.54, 1.807) is 18.2 Å². The summed E-state index contributed by atoms with van der Waals surface area (Å²) in [5, 5.41) is 5.78. The topological polar surface area (TPSA) is 67.4 Å². The van der Waals surface area contributed by atoms with E-state index in [0.29, 0.717) is 16.5 Å². The number of halogens is 1. The molecule has 0 aliphatic heterocycles. The zero-order valence-corrected chi connectivity index (χ0v) is 14.8. The molecule has 0 saturated carbocycles. The molecule has 0 aliphatic rings. The Kier molecular flexibility index (Phi) is 6.60. The molecule has 130 valence electrons. The van der Waals surface area contributed by atoms with Crippen molar-refractivity contribution in [1.82, 2.24) is 5.32 Å². The molecular formula is C19H19ClN2O3. The van der Waals surface area contributed by atoms with Crippen LogP contribution in [0.15, 0.2) is 48.5 Å². The minimum atomic E-state index is -0.360. The second-order valence-corrected chi connectivity index (χ2v) is 5.72. The summed E-state index contributed by atoms with van der Waals surface area (Å²) in [6.07, 6.45) is 3.06. The van der Waals surface area contributed by atoms with Crippen LogP contribution in [-0.4, -0.2) is 25.5 Å². The minimum absolute atomic E-state index is 0.150. The summed E-state index contributed by atoms with van der Waals surface area (Å²) in [6, 6.07) is 12.8. The van der Waals surface area contributed by atoms with E-state index >= 15 is 0 Å². The molecule has 0 bridgehead atoms. The van der Waals surface area contributed by atoms with Crippen LogP contribution >= 0.6 is 11.6 Å². The van der Waals surface area contributed by atoms with Gasteiger partial charge in [-0.3, -0.25) is 9.59 Å². The summed E-state index contributed by atoms with van der Waals surface area (Å²) < 4.78 is 5.20. The molecule has 5 nitrogen and oxygen atoms in total. The van der Waals surface area contributed by atoms with E-state index in [1.165, 1.54) is 13.2 Å². The highest BCUT2D eigenvalue weighted by Crippen LogP contribution is 2.30. The quantitative estimate of drug-likeness (QED) is 0.777. The van der Waals surface area contributed by atoms with Gasteiger partial charge in [-0.05, 0) is 30.2 Å². The summed E-state index contributed by atoms with van der Waals surface area (Å²) in [5.74, 6) is -0.251. The lowest BCUT2D eigenvalue weighted by Gasteiger charge is -2.12. The van der Waals surface area contributed by atoms with Gasteiger partial charge in [0.1, 0.15) is 5.75 Å². The third kappa shape index (κ3) is 5.65. The average Bonchev–Trinajstić information content (AvgIpc) is 2.62. The van der Waals surface area contributed by atoms with Crippen LogP contribution in [0.3, 0.4) is 0 Å². The number of anilines is 1. The van der Waals surface area contributed by atoms with E-state index in [1.807, 2.05) is 37.3 Å². The Balaban J connectivity index is 1.89. The predicted molar refractivity (Wildman–Crippen MR) is 99.9 cm³/mol. The van der Waals surface area contributed by atoms with Crippen LogP contribution in [0.2, 0.25) is 5.02 Å². The zero-order valence-electron chi connectivity index (χ0n) is 14.0. The molecule has 0 saturated heterocycles. The third-order valence-electron chi connectivity index (χ3n) is 3.40. The number of benzene rings is 2. The van der Waals surface area contributed by atoms with Crippen LogP contribution in [-0.2, 0) is 9.59 Å². The molecule has 0 atom stereocenters. The van der Waals surface area contributed by atoms with Crippen molar-refractivity contribution in [3.05, 3.63) is 64.7 Å². The van der Waals surface area contributed by atoms with E-state index in [4.69, 9.17) is 16.3 Å². The molecule has 2 aromatic carbocycles. The summed E-state index contributed by atoms with van der Waals surface area (Å²) in [4.78, 5) is 23.8. The van der Waals surface area contributed by atoms with Gasteiger partial charge in [0.15, 0.2) is 0 Å². The van der Waals surface area contributed by atoms with Crippen molar-refractivity contribution in [3.63, 3.8) is 0 Å². The Morgan fingerprint density at radius 3 is 2.60 bits per heavy atom. The first-order valence-electron chi connectivity index (χ1n) is 7.64. The van der Waals surface area contributed by atoms with Gasteiger partial charge in [0.25, 0.3) is 0 Å². The number of methoxy groups -OCH3 is 1. The van der Waals surface area contributed by atoms with Crippen LogP contribution in [0.1, 0.15) is 11.1 Å². The first kappa shape index (κ1) is 18.5. The first-order valence-corrected chi connectivity index (χ1v) is 8.02. The third-order valence-corrected chi connectivity index (χ3v) is 3.81. The van der Waals surface area contributed by atoms with Gasteiger partial charge < -0.3 is 15.4 Å². The molecule has 0 unspecified atom stereocenters. The summed E-state index contributed by atoms with van der Waals surface area (Å²) in [7, 11) is 1.49. The lowest BCUT2D eigenvalue weighted by atomic mass is 10.2. The molecule has 6 heteroatoms. The molecule has 0 radical (unpaired) electrons. The monoisotopic (exact) mass is 358 g/mol. The van der Waals surface area contributed by atoms with Gasteiger partial charge in [-0.1, -0.05) is 41.9 Å². The van der Waals surface area contributed by atoms with Gasteiger partial charge >= 0.3 is 0 Å². The van der Waals surface area contributed by atoms with E-state index in [-0.39, 0.29) is 18.4 Å². The number of hydrogen-bond acceptors (Lipinski definition) is 3. The highest BCUT2D eigenvalue weighted by molar-refractivity contribution is 6.31. The Labute approximate surface area is 151 Å². The Morgan fingerprint density at radius 1 is 1.20 bits per heavy atom. The fourth-order valence-corrected chi connectivity index (χ4v) is 2.24. The standard InChI is InChI=1S/C19H19ClN2O3/c1-13-10-16(17(25-2)11-15(13)20)22-19(24)12-21-18(23)9-8-14-6-4-3-5-7-14/h3-11H,12H2,1-2H3,(H,21,23)(H,22,24)/b9-8+. The fraction of sp³-hybridized carbons (Fsp3) is 0.158. The smallest absolute Gasteiger partial charge is 0.244 e. The normalized spacial score (nSPS) is 10.5. The molecular weight excluding hydrogens is 340 g/mol. The van der Waals surface area contributed by atoms with E-state index in [2.05, 4.69) is 10.6 Å². The second-order valence-electron chi connectivity index (χ2n) is 5.31. The van der Waals surface area contributed by atoms with Gasteiger partial charge in [-0.2, -0.15) is 0 Å². The zero-order chi connectivity index (χ0) is 18.2. The van der Waals surface area contributed by atoms with Gasteiger partial charge in [-0.25, -0.2) is 0 Å². The van der Waals surface area contributed by atoms with Crippen molar-refractivity contribution >= 4 is 35.2 Å². The molecule has 2 rings (SSSR count). The number of carbonyl (C=O) groups is 2. The van der Waals surface area contributed by atoms with Gasteiger partial charge in [0.2, 0.25) is 11.8 Å². The molecule has 0 aliphatic carbocycles. The van der Waals surface area contributed by atoms with Crippen molar-refractivity contribution in [2.24, 2.45) is 0 Å². The van der Waals surface area contributed by atoms with E-state index in [9.17, 15) is 9.59 Å². The maximum atomic E-state index is 12.0. The van der Waals surface area contributed by atoms with E-state index in [0.717, 1.165) is 11.1 Å². The number of ether oxygens (including phenoxy) is 1. The SMILES string of the molecule is COc1cc(Cl)c(C)cc1NC(=O)CNC(=O)/C=C/c1ccccc1. The predicted octanol–water partition coefficient (Wildman–Crippen LogP) is 3.43. The number of aryl methyl sites for hydroxylation is 1. The largest absolute Gasteiger partial charge is 0.495 e. The second kappa shape index (κ2) is 8.89. The molecule has 0 aromatic heterocycles. The van der Waals surface area contributed by atoms with Crippen LogP contribution in [0.4, 0.5) is 5.69 Å². The van der Waals surface area contributed by atoms with Gasteiger partial charge in [0.05, 0.1) is 19.3 Å². The lowest BCUT2D eigenvalue weighted by Crippen LogP contribution is -2.31. The van der Waals surface area contributed by atoms with Crippen LogP contribution in [0.25, 0.3) is 6.08 Å². The highest BCUT2D eigenvalue weighted by atomic mass is 35.5. The van der Waals surface area contributed by atoms with Crippen molar-refractivity contribution in [2.75, 3.05) is 19.0 Å². The van der Waals surface area contributed by atoms with Crippen molar-refractivity contribution in [2.45, 2.75) is 6.92 Å². The number of nitrogens with one attached hydrogen (secondary N) is 2. The number of carbonyl (C=O) groups excluding carboxylic acids is 2. The Hall–Kier alpha value is -2.79. The first-order chi connectivity index (χ1) is 12.0. The van der Waals surface area contributed by atoms with Crippen LogP contribution in [0, 0.1) is 6.92 Å². The molecule has 2 N–H and O–H groups in total.